The predicted molar refractivity (Wildman–Crippen MR) is 54.9 cm³/mol. The molecule has 0 rings (SSSR count). The van der Waals surface area contributed by atoms with Gasteiger partial charge in [0.2, 0.25) is 0 Å². The summed E-state index contributed by atoms with van der Waals surface area (Å²) in [5.41, 5.74) is -0.564. The van der Waals surface area contributed by atoms with Crippen molar-refractivity contribution in [1.29, 1.82) is 0 Å². The van der Waals surface area contributed by atoms with Crippen LogP contribution in [0.5, 0.6) is 0 Å². The molecule has 3 nitrogen and oxygen atoms in total. The molecule has 0 spiro atoms. The number of aliphatic hydroxyl groups is 1. The lowest BCUT2D eigenvalue weighted by Gasteiger charge is -2.17. The Hall–Kier alpha value is -0.120. The van der Waals surface area contributed by atoms with E-state index >= 15 is 0 Å². The largest absolute Gasteiger partial charge is 0.390 e. The van der Waals surface area contributed by atoms with Crippen molar-refractivity contribution >= 4 is 0 Å². The quantitative estimate of drug-likeness (QED) is 0.591. The minimum Gasteiger partial charge on any atom is -0.390 e. The second-order valence-corrected chi connectivity index (χ2v) is 4.23. The SMILES string of the molecule is CC(C)OCCNCCC(C)(C)O. The maximum Gasteiger partial charge on any atom is 0.0603 e. The zero-order valence-corrected chi connectivity index (χ0v) is 9.26. The van der Waals surface area contributed by atoms with E-state index in [9.17, 15) is 5.11 Å². The number of rotatable bonds is 7. The Morgan fingerprint density at radius 1 is 1.31 bits per heavy atom. The molecule has 13 heavy (non-hydrogen) atoms. The van der Waals surface area contributed by atoms with Crippen LogP contribution in [0, 0.1) is 0 Å². The first-order chi connectivity index (χ1) is 5.92. The van der Waals surface area contributed by atoms with Gasteiger partial charge in [-0.25, -0.2) is 0 Å². The third kappa shape index (κ3) is 11.9. The number of ether oxygens (including phenoxy) is 1. The second kappa shape index (κ2) is 6.35. The zero-order chi connectivity index (χ0) is 10.3. The summed E-state index contributed by atoms with van der Waals surface area (Å²) < 4.78 is 5.35. The molecule has 0 heterocycles. The van der Waals surface area contributed by atoms with Crippen molar-refractivity contribution in [3.05, 3.63) is 0 Å². The van der Waals surface area contributed by atoms with Gasteiger partial charge in [-0.15, -0.1) is 0 Å². The van der Waals surface area contributed by atoms with E-state index in [2.05, 4.69) is 5.32 Å². The molecule has 0 aromatic heterocycles. The third-order valence-corrected chi connectivity index (χ3v) is 1.64. The lowest BCUT2D eigenvalue weighted by atomic mass is 10.1. The summed E-state index contributed by atoms with van der Waals surface area (Å²) in [5.74, 6) is 0. The maximum absolute atomic E-state index is 9.39. The Morgan fingerprint density at radius 2 is 1.92 bits per heavy atom. The van der Waals surface area contributed by atoms with E-state index in [0.29, 0.717) is 6.10 Å². The highest BCUT2D eigenvalue weighted by atomic mass is 16.5. The molecule has 2 N–H and O–H groups in total. The highest BCUT2D eigenvalue weighted by molar-refractivity contribution is 4.66. The van der Waals surface area contributed by atoms with Gasteiger partial charge in [-0.3, -0.25) is 0 Å². The van der Waals surface area contributed by atoms with Gasteiger partial charge in [0.15, 0.2) is 0 Å². The Kier molecular flexibility index (Phi) is 6.29. The molecule has 0 bridgehead atoms. The molecular weight excluding hydrogens is 166 g/mol. The highest BCUT2D eigenvalue weighted by Gasteiger charge is 2.10. The number of hydrogen-bond donors (Lipinski definition) is 2. The summed E-state index contributed by atoms with van der Waals surface area (Å²) in [5, 5.41) is 12.6. The topological polar surface area (TPSA) is 41.5 Å². The van der Waals surface area contributed by atoms with Crippen molar-refractivity contribution in [2.24, 2.45) is 0 Å². The van der Waals surface area contributed by atoms with Crippen LogP contribution in [0.2, 0.25) is 0 Å². The van der Waals surface area contributed by atoms with Crippen LogP contribution in [0.15, 0.2) is 0 Å². The minimum absolute atomic E-state index is 0.302. The number of nitrogens with one attached hydrogen (secondary N) is 1. The Balaban J connectivity index is 3.09. The van der Waals surface area contributed by atoms with Crippen molar-refractivity contribution in [3.63, 3.8) is 0 Å². The van der Waals surface area contributed by atoms with Gasteiger partial charge in [0.1, 0.15) is 0 Å². The third-order valence-electron chi connectivity index (χ3n) is 1.64. The van der Waals surface area contributed by atoms with Crippen LogP contribution in [-0.2, 0) is 4.74 Å². The molecule has 0 amide bonds. The van der Waals surface area contributed by atoms with E-state index in [1.807, 2.05) is 27.7 Å². The summed E-state index contributed by atoms with van der Waals surface area (Å²) in [4.78, 5) is 0. The predicted octanol–water partition coefficient (Wildman–Crippen LogP) is 1.16. The molecule has 80 valence electrons. The molecular formula is C10H23NO2. The first kappa shape index (κ1) is 12.9. The van der Waals surface area contributed by atoms with Crippen molar-refractivity contribution in [2.75, 3.05) is 19.7 Å². The van der Waals surface area contributed by atoms with E-state index in [1.165, 1.54) is 0 Å². The van der Waals surface area contributed by atoms with Crippen LogP contribution in [0.3, 0.4) is 0 Å². The van der Waals surface area contributed by atoms with Crippen molar-refractivity contribution in [3.8, 4) is 0 Å². The van der Waals surface area contributed by atoms with Crippen LogP contribution in [-0.4, -0.2) is 36.5 Å². The summed E-state index contributed by atoms with van der Waals surface area (Å²) >= 11 is 0. The van der Waals surface area contributed by atoms with Crippen LogP contribution in [0.1, 0.15) is 34.1 Å². The van der Waals surface area contributed by atoms with Gasteiger partial charge in [-0.05, 0) is 40.7 Å². The Morgan fingerprint density at radius 3 is 2.38 bits per heavy atom. The van der Waals surface area contributed by atoms with Gasteiger partial charge < -0.3 is 15.2 Å². The molecule has 0 aliphatic carbocycles. The highest BCUT2D eigenvalue weighted by Crippen LogP contribution is 2.04. The fourth-order valence-corrected chi connectivity index (χ4v) is 0.886. The van der Waals surface area contributed by atoms with Crippen molar-refractivity contribution in [1.82, 2.24) is 5.32 Å². The smallest absolute Gasteiger partial charge is 0.0603 e. The lowest BCUT2D eigenvalue weighted by Crippen LogP contribution is -2.29. The molecule has 0 radical (unpaired) electrons. The molecule has 0 aliphatic heterocycles. The van der Waals surface area contributed by atoms with Crippen molar-refractivity contribution in [2.45, 2.75) is 45.8 Å². The van der Waals surface area contributed by atoms with Gasteiger partial charge >= 0.3 is 0 Å². The lowest BCUT2D eigenvalue weighted by molar-refractivity contribution is 0.0651. The monoisotopic (exact) mass is 189 g/mol. The molecule has 0 unspecified atom stereocenters. The number of hydrogen-bond acceptors (Lipinski definition) is 3. The fraction of sp³-hybridized carbons (Fsp3) is 1.00. The van der Waals surface area contributed by atoms with Gasteiger partial charge in [-0.1, -0.05) is 0 Å². The maximum atomic E-state index is 9.39. The summed E-state index contributed by atoms with van der Waals surface area (Å²) in [6.07, 6.45) is 1.07. The summed E-state index contributed by atoms with van der Waals surface area (Å²) in [6, 6.07) is 0. The van der Waals surface area contributed by atoms with Gasteiger partial charge in [-0.2, -0.15) is 0 Å². The average Bonchev–Trinajstić information content (AvgIpc) is 1.93. The minimum atomic E-state index is -0.564. The van der Waals surface area contributed by atoms with Gasteiger partial charge in [0.05, 0.1) is 18.3 Å². The second-order valence-electron chi connectivity index (χ2n) is 4.23. The molecule has 0 aromatic rings. The molecule has 0 saturated heterocycles. The van der Waals surface area contributed by atoms with Crippen LogP contribution < -0.4 is 5.32 Å². The fourth-order valence-electron chi connectivity index (χ4n) is 0.886. The van der Waals surface area contributed by atoms with E-state index in [1.54, 1.807) is 0 Å². The van der Waals surface area contributed by atoms with Gasteiger partial charge in [0, 0.05) is 6.54 Å². The first-order valence-electron chi connectivity index (χ1n) is 4.96. The average molecular weight is 189 g/mol. The van der Waals surface area contributed by atoms with Crippen LogP contribution >= 0.6 is 0 Å². The molecule has 0 aromatic carbocycles. The van der Waals surface area contributed by atoms with Crippen LogP contribution in [0.4, 0.5) is 0 Å². The first-order valence-corrected chi connectivity index (χ1v) is 4.96. The Labute approximate surface area is 81.5 Å². The molecule has 0 aliphatic rings. The van der Waals surface area contributed by atoms with E-state index in [-0.39, 0.29) is 0 Å². The van der Waals surface area contributed by atoms with Crippen molar-refractivity contribution < 1.29 is 9.84 Å². The zero-order valence-electron chi connectivity index (χ0n) is 9.26. The standard InChI is InChI=1S/C10H23NO2/c1-9(2)13-8-7-11-6-5-10(3,4)12/h9,11-12H,5-8H2,1-4H3. The van der Waals surface area contributed by atoms with E-state index in [0.717, 1.165) is 26.1 Å². The molecule has 0 fully saturated rings. The molecule has 0 saturated carbocycles. The normalized spacial score (nSPS) is 12.5. The molecule has 0 atom stereocenters. The summed E-state index contributed by atoms with van der Waals surface area (Å²) in [6.45, 7) is 10.1. The van der Waals surface area contributed by atoms with E-state index in [4.69, 9.17) is 4.74 Å². The van der Waals surface area contributed by atoms with Gasteiger partial charge in [0.25, 0.3) is 0 Å². The Bertz CT molecular complexity index is 119. The van der Waals surface area contributed by atoms with Crippen LogP contribution in [0.25, 0.3) is 0 Å². The molecule has 3 heteroatoms. The summed E-state index contributed by atoms with van der Waals surface area (Å²) in [7, 11) is 0. The van der Waals surface area contributed by atoms with E-state index < -0.39 is 5.60 Å².